The average molecular weight is 299 g/mol. The van der Waals surface area contributed by atoms with Crippen LogP contribution in [0.4, 0.5) is 4.79 Å². The Morgan fingerprint density at radius 3 is 2.85 bits per heavy atom. The Morgan fingerprint density at radius 2 is 2.30 bits per heavy atom. The Balaban J connectivity index is 2.02. The number of hydrogen-bond acceptors (Lipinski definition) is 5. The highest BCUT2D eigenvalue weighted by molar-refractivity contribution is 7.09. The highest BCUT2D eigenvalue weighted by Crippen LogP contribution is 2.21. The van der Waals surface area contributed by atoms with Crippen LogP contribution in [-0.2, 0) is 4.79 Å². The molecule has 0 bridgehead atoms. The molecule has 2 unspecified atom stereocenters. The van der Waals surface area contributed by atoms with Crippen LogP contribution in [-0.4, -0.2) is 50.8 Å². The number of rotatable bonds is 3. The molecule has 1 aliphatic heterocycles. The number of β-amino-alcohol motifs (C(OH)–C–C–N with tert-alkyl or cyclic N) is 1. The van der Waals surface area contributed by atoms with Gasteiger partial charge in [-0.05, 0) is 13.8 Å². The number of aromatic nitrogens is 1. The molecule has 0 radical (unpaired) electrons. The summed E-state index contributed by atoms with van der Waals surface area (Å²) in [5.41, 5.74) is 0.881. The van der Waals surface area contributed by atoms with Crippen LogP contribution in [0.25, 0.3) is 0 Å². The quantitative estimate of drug-likeness (QED) is 0.764. The predicted octanol–water partition coefficient (Wildman–Crippen LogP) is 0.742. The number of nitrogens with zero attached hydrogens (tertiary/aromatic N) is 2. The van der Waals surface area contributed by atoms with Gasteiger partial charge in [-0.15, -0.1) is 11.3 Å². The number of carboxylic acids is 1. The first-order valence-electron chi connectivity index (χ1n) is 6.28. The van der Waals surface area contributed by atoms with Gasteiger partial charge in [0, 0.05) is 24.0 Å². The maximum absolute atomic E-state index is 12.1. The monoisotopic (exact) mass is 299 g/mol. The van der Waals surface area contributed by atoms with Gasteiger partial charge >= 0.3 is 12.0 Å². The normalized spacial score (nSPS) is 23.6. The Morgan fingerprint density at radius 1 is 1.60 bits per heavy atom. The number of nitrogens with one attached hydrogen (secondary N) is 1. The summed E-state index contributed by atoms with van der Waals surface area (Å²) in [6, 6.07) is -1.77. The fourth-order valence-corrected chi connectivity index (χ4v) is 2.98. The fraction of sp³-hybridized carbons (Fsp3) is 0.583. The van der Waals surface area contributed by atoms with Crippen LogP contribution in [0.3, 0.4) is 0 Å². The summed E-state index contributed by atoms with van der Waals surface area (Å²) in [7, 11) is 0. The smallest absolute Gasteiger partial charge is 0.326 e. The molecule has 0 aromatic carbocycles. The Hall–Kier alpha value is -1.67. The lowest BCUT2D eigenvalue weighted by Gasteiger charge is -2.23. The van der Waals surface area contributed by atoms with Gasteiger partial charge in [0.15, 0.2) is 0 Å². The number of carbonyl (C=O) groups is 2. The minimum Gasteiger partial charge on any atom is -0.480 e. The van der Waals surface area contributed by atoms with E-state index in [1.165, 1.54) is 11.3 Å². The van der Waals surface area contributed by atoms with Crippen LogP contribution in [0.15, 0.2) is 5.38 Å². The minimum absolute atomic E-state index is 0.0341. The third-order valence-corrected chi connectivity index (χ3v) is 4.32. The molecule has 0 aliphatic carbocycles. The second-order valence-corrected chi connectivity index (χ2v) is 5.78. The highest BCUT2D eigenvalue weighted by atomic mass is 32.1. The zero-order valence-electron chi connectivity index (χ0n) is 11.2. The van der Waals surface area contributed by atoms with Crippen molar-refractivity contribution in [3.05, 3.63) is 16.1 Å². The third kappa shape index (κ3) is 3.07. The molecule has 1 fully saturated rings. The van der Waals surface area contributed by atoms with E-state index in [-0.39, 0.29) is 19.0 Å². The van der Waals surface area contributed by atoms with Crippen molar-refractivity contribution < 1.29 is 19.8 Å². The van der Waals surface area contributed by atoms with Gasteiger partial charge in [-0.3, -0.25) is 0 Å². The highest BCUT2D eigenvalue weighted by Gasteiger charge is 2.39. The number of carbonyl (C=O) groups excluding carboxylic acids is 1. The van der Waals surface area contributed by atoms with E-state index in [1.54, 1.807) is 6.92 Å². The standard InChI is InChI=1S/C12H17N3O4S/c1-6-5-20-10(13-6)7(2)14-12(19)15-4-8(16)3-9(15)11(17)18/h5,7-9,16H,3-4H2,1-2H3,(H,14,19)(H,17,18)/t7?,8?,9-/m0/s1. The molecule has 1 saturated heterocycles. The SMILES string of the molecule is Cc1csc(C(C)NC(=O)N2CC(O)C[C@H]2C(=O)O)n1. The van der Waals surface area contributed by atoms with E-state index in [0.29, 0.717) is 0 Å². The number of aliphatic hydroxyl groups is 1. The summed E-state index contributed by atoms with van der Waals surface area (Å²) >= 11 is 1.44. The molecular formula is C12H17N3O4S. The number of amides is 2. The maximum Gasteiger partial charge on any atom is 0.326 e. The molecule has 1 aromatic rings. The molecule has 7 nitrogen and oxygen atoms in total. The lowest BCUT2D eigenvalue weighted by Crippen LogP contribution is -2.46. The molecule has 3 N–H and O–H groups in total. The molecule has 2 rings (SSSR count). The van der Waals surface area contributed by atoms with E-state index in [1.807, 2.05) is 12.3 Å². The third-order valence-electron chi connectivity index (χ3n) is 3.17. The van der Waals surface area contributed by atoms with E-state index in [2.05, 4.69) is 10.3 Å². The van der Waals surface area contributed by atoms with Crippen molar-refractivity contribution >= 4 is 23.3 Å². The zero-order chi connectivity index (χ0) is 14.9. The first-order chi connectivity index (χ1) is 9.38. The lowest BCUT2D eigenvalue weighted by molar-refractivity contribution is -0.141. The van der Waals surface area contributed by atoms with Gasteiger partial charge in [0.2, 0.25) is 0 Å². The number of likely N-dealkylation sites (tertiary alicyclic amines) is 1. The first kappa shape index (κ1) is 14.7. The van der Waals surface area contributed by atoms with Crippen LogP contribution >= 0.6 is 11.3 Å². The number of thiazole rings is 1. The molecule has 1 aromatic heterocycles. The van der Waals surface area contributed by atoms with Crippen LogP contribution < -0.4 is 5.32 Å². The van der Waals surface area contributed by atoms with Crippen molar-refractivity contribution in [2.75, 3.05) is 6.54 Å². The largest absolute Gasteiger partial charge is 0.480 e. The Bertz CT molecular complexity index is 519. The van der Waals surface area contributed by atoms with Gasteiger partial charge in [0.05, 0.1) is 12.1 Å². The van der Waals surface area contributed by atoms with Crippen molar-refractivity contribution in [1.29, 1.82) is 0 Å². The Kier molecular flexibility index (Phi) is 4.24. The van der Waals surface area contributed by atoms with Gasteiger partial charge in [0.1, 0.15) is 11.0 Å². The van der Waals surface area contributed by atoms with Crippen molar-refractivity contribution in [3.63, 3.8) is 0 Å². The first-order valence-corrected chi connectivity index (χ1v) is 7.16. The Labute approximate surface area is 120 Å². The second kappa shape index (κ2) is 5.76. The van der Waals surface area contributed by atoms with Crippen LogP contribution in [0.1, 0.15) is 30.1 Å². The second-order valence-electron chi connectivity index (χ2n) is 4.89. The molecule has 0 saturated carbocycles. The van der Waals surface area contributed by atoms with E-state index < -0.39 is 24.1 Å². The maximum atomic E-state index is 12.1. The lowest BCUT2D eigenvalue weighted by atomic mass is 10.2. The molecule has 3 atom stereocenters. The van der Waals surface area contributed by atoms with E-state index in [0.717, 1.165) is 15.6 Å². The summed E-state index contributed by atoms with van der Waals surface area (Å²) in [6.45, 7) is 3.69. The molecular weight excluding hydrogens is 282 g/mol. The van der Waals surface area contributed by atoms with Crippen molar-refractivity contribution in [2.24, 2.45) is 0 Å². The molecule has 20 heavy (non-hydrogen) atoms. The number of aryl methyl sites for hydroxylation is 1. The van der Waals surface area contributed by atoms with Crippen molar-refractivity contribution in [3.8, 4) is 0 Å². The fourth-order valence-electron chi connectivity index (χ4n) is 2.17. The van der Waals surface area contributed by atoms with Crippen LogP contribution in [0, 0.1) is 6.92 Å². The van der Waals surface area contributed by atoms with Gasteiger partial charge in [-0.1, -0.05) is 0 Å². The van der Waals surface area contributed by atoms with E-state index >= 15 is 0 Å². The minimum atomic E-state index is -1.10. The van der Waals surface area contributed by atoms with Gasteiger partial charge in [-0.25, -0.2) is 14.6 Å². The van der Waals surface area contributed by atoms with Gasteiger partial charge in [-0.2, -0.15) is 0 Å². The predicted molar refractivity (Wildman–Crippen MR) is 72.6 cm³/mol. The molecule has 110 valence electrons. The number of aliphatic hydroxyl groups excluding tert-OH is 1. The summed E-state index contributed by atoms with van der Waals surface area (Å²) in [5.74, 6) is -1.10. The number of hydrogen-bond donors (Lipinski definition) is 3. The zero-order valence-corrected chi connectivity index (χ0v) is 12.1. The molecule has 1 aliphatic rings. The number of carboxylic acid groups (broad SMARTS) is 1. The molecule has 0 spiro atoms. The van der Waals surface area contributed by atoms with Gasteiger partial charge in [0.25, 0.3) is 0 Å². The van der Waals surface area contributed by atoms with Crippen LogP contribution in [0.5, 0.6) is 0 Å². The average Bonchev–Trinajstić information content (AvgIpc) is 2.95. The van der Waals surface area contributed by atoms with E-state index in [4.69, 9.17) is 5.11 Å². The summed E-state index contributed by atoms with van der Waals surface area (Å²) < 4.78 is 0. The van der Waals surface area contributed by atoms with Crippen molar-refractivity contribution in [1.82, 2.24) is 15.2 Å². The summed E-state index contributed by atoms with van der Waals surface area (Å²) in [5, 5.41) is 24.0. The molecule has 2 amide bonds. The van der Waals surface area contributed by atoms with E-state index in [9.17, 15) is 14.7 Å². The van der Waals surface area contributed by atoms with Crippen molar-refractivity contribution in [2.45, 2.75) is 38.5 Å². The van der Waals surface area contributed by atoms with Crippen LogP contribution in [0.2, 0.25) is 0 Å². The number of urea groups is 1. The number of aliphatic carboxylic acids is 1. The van der Waals surface area contributed by atoms with Gasteiger partial charge < -0.3 is 20.4 Å². The molecule has 2 heterocycles. The summed E-state index contributed by atoms with van der Waals surface area (Å²) in [4.78, 5) is 28.6. The topological polar surface area (TPSA) is 103 Å². The molecule has 8 heteroatoms. The summed E-state index contributed by atoms with van der Waals surface area (Å²) in [6.07, 6.45) is -0.729.